The zero-order valence-electron chi connectivity index (χ0n) is 22.4. The number of hydrogen-bond acceptors (Lipinski definition) is 7. The molecule has 40 heavy (non-hydrogen) atoms. The Hall–Kier alpha value is -3.57. The maximum absolute atomic E-state index is 13.8. The van der Waals surface area contributed by atoms with Crippen molar-refractivity contribution in [1.29, 1.82) is 0 Å². The quantitative estimate of drug-likeness (QED) is 0.364. The number of sulfonamides is 1. The predicted octanol–water partition coefficient (Wildman–Crippen LogP) is 1.99. The minimum atomic E-state index is -4.20. The van der Waals surface area contributed by atoms with Crippen molar-refractivity contribution in [2.75, 3.05) is 39.4 Å². The lowest BCUT2D eigenvalue weighted by Crippen LogP contribution is -2.49. The number of morpholine rings is 1. The Labute approximate surface area is 235 Å². The zero-order chi connectivity index (χ0) is 28.5. The number of carbonyl (C=O) groups is 2. The van der Waals surface area contributed by atoms with E-state index in [-0.39, 0.29) is 30.3 Å². The summed E-state index contributed by atoms with van der Waals surface area (Å²) in [4.78, 5) is 27.9. The van der Waals surface area contributed by atoms with Gasteiger partial charge in [0.25, 0.3) is 21.8 Å². The molecule has 0 aliphatic carbocycles. The SMILES string of the molecule is NCCN(C(=O)[C@@H](N)Cc1ccc(C(=O)N2CCOCC2)cc1)S(=O)(=O)c1ccccc1CCc1ccccc1. The van der Waals surface area contributed by atoms with Gasteiger partial charge in [-0.25, -0.2) is 12.7 Å². The molecule has 0 spiro atoms. The lowest BCUT2D eigenvalue weighted by molar-refractivity contribution is -0.127. The monoisotopic (exact) mass is 564 g/mol. The van der Waals surface area contributed by atoms with Gasteiger partial charge in [0.05, 0.1) is 24.2 Å². The summed E-state index contributed by atoms with van der Waals surface area (Å²) in [7, 11) is -4.20. The number of carbonyl (C=O) groups excluding carboxylic acids is 2. The summed E-state index contributed by atoms with van der Waals surface area (Å²) in [6.07, 6.45) is 1.25. The average Bonchev–Trinajstić information content (AvgIpc) is 2.99. The average molecular weight is 565 g/mol. The third-order valence-corrected chi connectivity index (χ3v) is 8.81. The fourth-order valence-corrected chi connectivity index (χ4v) is 6.44. The standard InChI is InChI=1S/C30H36N4O5S/c31-16-17-34(40(37,38)28-9-5-4-8-25(28)13-10-23-6-2-1-3-7-23)30(36)27(32)22-24-11-14-26(15-12-24)29(35)33-18-20-39-21-19-33/h1-9,11-12,14-15,27H,10,13,16-22,31-32H2/t27-/m0/s1. The summed E-state index contributed by atoms with van der Waals surface area (Å²) in [5, 5.41) is 0. The Kier molecular flexibility index (Phi) is 10.1. The van der Waals surface area contributed by atoms with Crippen LogP contribution >= 0.6 is 0 Å². The van der Waals surface area contributed by atoms with Gasteiger partial charge in [0.1, 0.15) is 0 Å². The first-order chi connectivity index (χ1) is 19.3. The third kappa shape index (κ3) is 7.14. The Morgan fingerprint density at radius 2 is 1.52 bits per heavy atom. The second-order valence-electron chi connectivity index (χ2n) is 9.71. The fraction of sp³-hybridized carbons (Fsp3) is 0.333. The van der Waals surface area contributed by atoms with Crippen LogP contribution in [0.5, 0.6) is 0 Å². The van der Waals surface area contributed by atoms with Gasteiger partial charge < -0.3 is 21.1 Å². The highest BCUT2D eigenvalue weighted by Gasteiger charge is 2.33. The van der Waals surface area contributed by atoms with Crippen molar-refractivity contribution >= 4 is 21.8 Å². The summed E-state index contributed by atoms with van der Waals surface area (Å²) >= 11 is 0. The zero-order valence-corrected chi connectivity index (χ0v) is 23.3. The Bertz CT molecular complexity index is 1390. The molecule has 10 heteroatoms. The van der Waals surface area contributed by atoms with Crippen molar-refractivity contribution < 1.29 is 22.7 Å². The molecule has 212 valence electrons. The van der Waals surface area contributed by atoms with Crippen molar-refractivity contribution in [1.82, 2.24) is 9.21 Å². The van der Waals surface area contributed by atoms with Crippen LogP contribution in [0.1, 0.15) is 27.0 Å². The molecule has 4 N–H and O–H groups in total. The van der Waals surface area contributed by atoms with Gasteiger partial charge in [0.15, 0.2) is 0 Å². The minimum Gasteiger partial charge on any atom is -0.378 e. The predicted molar refractivity (Wildman–Crippen MR) is 153 cm³/mol. The highest BCUT2D eigenvalue weighted by atomic mass is 32.2. The van der Waals surface area contributed by atoms with Crippen LogP contribution in [-0.4, -0.2) is 74.9 Å². The van der Waals surface area contributed by atoms with Crippen LogP contribution in [0.25, 0.3) is 0 Å². The van der Waals surface area contributed by atoms with E-state index in [9.17, 15) is 18.0 Å². The van der Waals surface area contributed by atoms with Crippen molar-refractivity contribution in [2.24, 2.45) is 11.5 Å². The summed E-state index contributed by atoms with van der Waals surface area (Å²) in [6, 6.07) is 22.3. The van der Waals surface area contributed by atoms with E-state index in [0.717, 1.165) is 9.87 Å². The highest BCUT2D eigenvalue weighted by molar-refractivity contribution is 7.89. The van der Waals surface area contributed by atoms with Crippen molar-refractivity contribution in [3.05, 3.63) is 101 Å². The molecule has 3 aromatic carbocycles. The van der Waals surface area contributed by atoms with E-state index in [1.54, 1.807) is 47.4 Å². The molecule has 2 amide bonds. The Morgan fingerprint density at radius 3 is 2.20 bits per heavy atom. The van der Waals surface area contributed by atoms with Gasteiger partial charge in [-0.2, -0.15) is 0 Å². The molecule has 1 aliphatic rings. The van der Waals surface area contributed by atoms with Crippen molar-refractivity contribution in [3.63, 3.8) is 0 Å². The molecule has 9 nitrogen and oxygen atoms in total. The second kappa shape index (κ2) is 13.7. The molecular formula is C30H36N4O5S. The van der Waals surface area contributed by atoms with Crippen LogP contribution in [-0.2, 0) is 38.8 Å². The highest BCUT2D eigenvalue weighted by Crippen LogP contribution is 2.23. The molecule has 4 rings (SSSR count). The van der Waals surface area contributed by atoms with Gasteiger partial charge in [-0.15, -0.1) is 0 Å². The lowest BCUT2D eigenvalue weighted by atomic mass is 10.0. The molecule has 1 heterocycles. The number of aryl methyl sites for hydroxylation is 2. The second-order valence-corrected chi connectivity index (χ2v) is 11.5. The number of rotatable bonds is 11. The largest absolute Gasteiger partial charge is 0.378 e. The van der Waals surface area contributed by atoms with Crippen molar-refractivity contribution in [2.45, 2.75) is 30.2 Å². The van der Waals surface area contributed by atoms with Gasteiger partial charge in [-0.1, -0.05) is 60.7 Å². The van der Waals surface area contributed by atoms with Gasteiger partial charge in [-0.05, 0) is 54.2 Å². The maximum Gasteiger partial charge on any atom is 0.266 e. The molecule has 1 aliphatic heterocycles. The number of benzene rings is 3. The smallest absolute Gasteiger partial charge is 0.266 e. The van der Waals surface area contributed by atoms with Gasteiger partial charge in [-0.3, -0.25) is 9.59 Å². The first-order valence-electron chi connectivity index (χ1n) is 13.4. The molecule has 1 saturated heterocycles. The molecule has 0 aromatic heterocycles. The van der Waals surface area contributed by atoms with E-state index in [0.29, 0.717) is 55.8 Å². The molecule has 3 aromatic rings. The van der Waals surface area contributed by atoms with E-state index < -0.39 is 22.0 Å². The lowest BCUT2D eigenvalue weighted by Gasteiger charge is -2.27. The Balaban J connectivity index is 1.47. The fourth-order valence-electron chi connectivity index (χ4n) is 4.73. The van der Waals surface area contributed by atoms with E-state index >= 15 is 0 Å². The van der Waals surface area contributed by atoms with Gasteiger partial charge in [0, 0.05) is 31.7 Å². The van der Waals surface area contributed by atoms with Gasteiger partial charge >= 0.3 is 0 Å². The normalized spacial score (nSPS) is 14.5. The number of nitrogens with two attached hydrogens (primary N) is 2. The van der Waals surface area contributed by atoms with E-state index in [1.807, 2.05) is 30.3 Å². The molecule has 0 bridgehead atoms. The number of nitrogens with zero attached hydrogens (tertiary/aromatic N) is 2. The summed E-state index contributed by atoms with van der Waals surface area (Å²) in [5.41, 5.74) is 14.9. The summed E-state index contributed by atoms with van der Waals surface area (Å²) < 4.78 is 33.6. The van der Waals surface area contributed by atoms with Crippen LogP contribution < -0.4 is 11.5 Å². The number of hydrogen-bond donors (Lipinski definition) is 2. The number of amides is 2. The van der Waals surface area contributed by atoms with Crippen LogP contribution in [0.15, 0.2) is 83.8 Å². The maximum atomic E-state index is 13.8. The molecular weight excluding hydrogens is 528 g/mol. The molecule has 1 fully saturated rings. The van der Waals surface area contributed by atoms with Crippen LogP contribution in [0.4, 0.5) is 0 Å². The van der Waals surface area contributed by atoms with Crippen molar-refractivity contribution in [3.8, 4) is 0 Å². The molecule has 0 saturated carbocycles. The van der Waals surface area contributed by atoms with E-state index in [2.05, 4.69) is 0 Å². The molecule has 1 atom stereocenters. The summed E-state index contributed by atoms with van der Waals surface area (Å²) in [5.74, 6) is -0.807. The van der Waals surface area contributed by atoms with Crippen LogP contribution in [0.2, 0.25) is 0 Å². The van der Waals surface area contributed by atoms with Crippen LogP contribution in [0.3, 0.4) is 0 Å². The Morgan fingerprint density at radius 1 is 0.875 bits per heavy atom. The summed E-state index contributed by atoms with van der Waals surface area (Å²) in [6.45, 7) is 1.89. The van der Waals surface area contributed by atoms with Crippen LogP contribution in [0, 0.1) is 0 Å². The number of ether oxygens (including phenoxy) is 1. The van der Waals surface area contributed by atoms with Gasteiger partial charge in [0.2, 0.25) is 0 Å². The molecule has 0 radical (unpaired) electrons. The first-order valence-corrected chi connectivity index (χ1v) is 14.9. The third-order valence-electron chi connectivity index (χ3n) is 6.92. The van der Waals surface area contributed by atoms with E-state index in [4.69, 9.17) is 16.2 Å². The first kappa shape index (κ1) is 29.4. The molecule has 0 unspecified atom stereocenters. The topological polar surface area (TPSA) is 136 Å². The van der Waals surface area contributed by atoms with E-state index in [1.165, 1.54) is 6.07 Å². The minimum absolute atomic E-state index is 0.0395.